The third-order valence-corrected chi connectivity index (χ3v) is 9.33. The van der Waals surface area contributed by atoms with Crippen LogP contribution >= 0.6 is 0 Å². The number of aliphatic hydroxyl groups excluding tert-OH is 2. The number of hydrogen-bond acceptors (Lipinski definition) is 11. The van der Waals surface area contributed by atoms with Crippen molar-refractivity contribution in [2.24, 2.45) is 34.5 Å². The van der Waals surface area contributed by atoms with Crippen LogP contribution in [0.15, 0.2) is 0 Å². The molecule has 5 aliphatic rings. The fourth-order valence-electron chi connectivity index (χ4n) is 8.23. The standard InChI is InChI=1S/C23H28O11/c1-8-10-5-12-22-7-32-23(20(30)31-4,17(22)15(19(29)34-12)33-9(2)24)18(28)14(27)16(22)21(10,3)6-11(25)13(8)26/h8,10,12,14-18,27-28H,5-7H2,1-4H3/t8?,10-,12+,14+,15+,16+,17+,18-,21-,22+,23-/m0/s1. The third-order valence-electron chi connectivity index (χ3n) is 9.33. The Hall–Kier alpha value is -2.37. The van der Waals surface area contributed by atoms with Crippen molar-refractivity contribution in [3.05, 3.63) is 0 Å². The molecule has 186 valence electrons. The smallest absolute Gasteiger partial charge is 0.348 e. The number of carbonyl (C=O) groups excluding carboxylic acids is 5. The van der Waals surface area contributed by atoms with E-state index in [2.05, 4.69) is 0 Å². The molecule has 0 aromatic heterocycles. The monoisotopic (exact) mass is 480 g/mol. The van der Waals surface area contributed by atoms with Crippen molar-refractivity contribution in [2.45, 2.75) is 63.6 Å². The predicted octanol–water partition coefficient (Wildman–Crippen LogP) is -1.06. The fourth-order valence-corrected chi connectivity index (χ4v) is 8.23. The van der Waals surface area contributed by atoms with Gasteiger partial charge in [-0.1, -0.05) is 13.8 Å². The van der Waals surface area contributed by atoms with Crippen LogP contribution < -0.4 is 0 Å². The highest BCUT2D eigenvalue weighted by atomic mass is 16.6. The number of methoxy groups -OCH3 is 1. The predicted molar refractivity (Wildman–Crippen MR) is 108 cm³/mol. The van der Waals surface area contributed by atoms with Crippen LogP contribution in [0.2, 0.25) is 0 Å². The molecule has 11 heteroatoms. The van der Waals surface area contributed by atoms with Crippen molar-refractivity contribution in [1.29, 1.82) is 0 Å². The van der Waals surface area contributed by atoms with E-state index in [1.807, 2.05) is 0 Å². The Morgan fingerprint density at radius 1 is 1.15 bits per heavy atom. The highest BCUT2D eigenvalue weighted by molar-refractivity contribution is 6.38. The SMILES string of the molecule is COC(=O)[C@@]12OC[C@]34[C@H]([C@@H](O)[C@@H]1O)[C@@]1(C)CC(=O)C(=O)C(C)[C@@H]1C[C@H]3OC(=O)[C@H](OC(C)=O)[C@@H]24. The molecule has 34 heavy (non-hydrogen) atoms. The molecule has 11 nitrogen and oxygen atoms in total. The van der Waals surface area contributed by atoms with Gasteiger partial charge in [0.15, 0.2) is 5.78 Å². The quantitative estimate of drug-likeness (QED) is 0.281. The molecule has 3 aliphatic carbocycles. The van der Waals surface area contributed by atoms with E-state index in [9.17, 15) is 34.2 Å². The summed E-state index contributed by atoms with van der Waals surface area (Å²) in [5.74, 6) is -7.09. The van der Waals surface area contributed by atoms with Gasteiger partial charge in [-0.2, -0.15) is 0 Å². The van der Waals surface area contributed by atoms with E-state index in [-0.39, 0.29) is 19.4 Å². The van der Waals surface area contributed by atoms with Gasteiger partial charge in [0.05, 0.1) is 25.7 Å². The number of carbonyl (C=O) groups is 5. The summed E-state index contributed by atoms with van der Waals surface area (Å²) in [4.78, 5) is 63.4. The molecule has 2 N–H and O–H groups in total. The van der Waals surface area contributed by atoms with E-state index in [0.29, 0.717) is 0 Å². The number of hydrogen-bond donors (Lipinski definition) is 2. The van der Waals surface area contributed by atoms with E-state index >= 15 is 0 Å². The van der Waals surface area contributed by atoms with Crippen molar-refractivity contribution in [1.82, 2.24) is 0 Å². The summed E-state index contributed by atoms with van der Waals surface area (Å²) in [5, 5.41) is 22.9. The number of aliphatic hydroxyl groups is 2. The normalized spacial score (nSPS) is 51.2. The second kappa shape index (κ2) is 7.08. The molecule has 11 atom stereocenters. The molecule has 5 rings (SSSR count). The largest absolute Gasteiger partial charge is 0.467 e. The molecule has 1 unspecified atom stereocenters. The lowest BCUT2D eigenvalue weighted by molar-refractivity contribution is -0.295. The Morgan fingerprint density at radius 2 is 1.82 bits per heavy atom. The number of ether oxygens (including phenoxy) is 4. The molecule has 0 amide bonds. The first-order valence-corrected chi connectivity index (χ1v) is 11.4. The fraction of sp³-hybridized carbons (Fsp3) is 0.783. The Balaban J connectivity index is 1.76. The van der Waals surface area contributed by atoms with Crippen molar-refractivity contribution < 1.29 is 53.1 Å². The van der Waals surface area contributed by atoms with Crippen LogP contribution in [0, 0.1) is 34.5 Å². The van der Waals surface area contributed by atoms with Crippen molar-refractivity contribution >= 4 is 29.5 Å². The van der Waals surface area contributed by atoms with Crippen LogP contribution in [0.25, 0.3) is 0 Å². The second-order valence-corrected chi connectivity index (χ2v) is 10.6. The number of rotatable bonds is 2. The van der Waals surface area contributed by atoms with Gasteiger partial charge in [0.2, 0.25) is 17.5 Å². The van der Waals surface area contributed by atoms with Crippen LogP contribution in [-0.2, 0) is 42.9 Å². The van der Waals surface area contributed by atoms with Gasteiger partial charge in [-0.05, 0) is 17.8 Å². The molecule has 3 saturated carbocycles. The molecule has 0 radical (unpaired) electrons. The molecule has 2 aliphatic heterocycles. The van der Waals surface area contributed by atoms with Gasteiger partial charge < -0.3 is 29.2 Å². The Labute approximate surface area is 195 Å². The van der Waals surface area contributed by atoms with Gasteiger partial charge in [0, 0.05) is 30.6 Å². The van der Waals surface area contributed by atoms with Crippen LogP contribution in [-0.4, -0.2) is 83.4 Å². The van der Waals surface area contributed by atoms with Crippen molar-refractivity contribution in [3.8, 4) is 0 Å². The maximum absolute atomic E-state index is 13.1. The van der Waals surface area contributed by atoms with E-state index in [4.69, 9.17) is 18.9 Å². The highest BCUT2D eigenvalue weighted by Crippen LogP contribution is 2.72. The zero-order chi connectivity index (χ0) is 25.0. The zero-order valence-corrected chi connectivity index (χ0v) is 19.3. The number of Topliss-reactive ketones (excluding diaryl/α,β-unsaturated/α-hetero) is 2. The lowest BCUT2D eigenvalue weighted by atomic mass is 9.37. The first kappa shape index (κ1) is 23.4. The van der Waals surface area contributed by atoms with Gasteiger partial charge in [-0.25, -0.2) is 9.59 Å². The van der Waals surface area contributed by atoms with Gasteiger partial charge in [-0.15, -0.1) is 0 Å². The molecule has 0 aromatic carbocycles. The first-order valence-electron chi connectivity index (χ1n) is 11.4. The molecule has 5 fully saturated rings. The molecule has 2 heterocycles. The number of esters is 3. The van der Waals surface area contributed by atoms with Gasteiger partial charge >= 0.3 is 17.9 Å². The van der Waals surface area contributed by atoms with Crippen LogP contribution in [0.3, 0.4) is 0 Å². The average Bonchev–Trinajstić information content (AvgIpc) is 3.08. The minimum atomic E-state index is -2.19. The van der Waals surface area contributed by atoms with Crippen molar-refractivity contribution in [3.63, 3.8) is 0 Å². The summed E-state index contributed by atoms with van der Waals surface area (Å²) in [7, 11) is 1.08. The molecule has 1 spiro atoms. The van der Waals surface area contributed by atoms with Gasteiger partial charge in [0.1, 0.15) is 12.2 Å². The Kier molecular flexibility index (Phi) is 4.87. The molecular formula is C23H28O11. The minimum absolute atomic E-state index is 0.173. The molecule has 0 aromatic rings. The molecule has 2 bridgehead atoms. The summed E-state index contributed by atoms with van der Waals surface area (Å²) >= 11 is 0. The summed E-state index contributed by atoms with van der Waals surface area (Å²) in [6.45, 7) is 4.31. The zero-order valence-electron chi connectivity index (χ0n) is 19.3. The molecule has 2 saturated heterocycles. The van der Waals surface area contributed by atoms with E-state index < -0.39 is 94.0 Å². The summed E-state index contributed by atoms with van der Waals surface area (Å²) in [6.07, 6.45) is -5.92. The minimum Gasteiger partial charge on any atom is -0.467 e. The maximum atomic E-state index is 13.1. The highest BCUT2D eigenvalue weighted by Gasteiger charge is 2.85. The summed E-state index contributed by atoms with van der Waals surface area (Å²) < 4.78 is 22.0. The van der Waals surface area contributed by atoms with E-state index in [0.717, 1.165) is 14.0 Å². The summed E-state index contributed by atoms with van der Waals surface area (Å²) in [6, 6.07) is 0. The average molecular weight is 480 g/mol. The summed E-state index contributed by atoms with van der Waals surface area (Å²) in [5.41, 5.74) is -4.45. The number of ketones is 2. The van der Waals surface area contributed by atoms with Crippen LogP contribution in [0.1, 0.15) is 33.6 Å². The lowest BCUT2D eigenvalue weighted by Gasteiger charge is -2.67. The van der Waals surface area contributed by atoms with Gasteiger partial charge in [-0.3, -0.25) is 14.4 Å². The number of fused-ring (bicyclic) bond motifs is 2. The maximum Gasteiger partial charge on any atom is 0.348 e. The molecular weight excluding hydrogens is 452 g/mol. The van der Waals surface area contributed by atoms with Crippen LogP contribution in [0.4, 0.5) is 0 Å². The van der Waals surface area contributed by atoms with Crippen LogP contribution in [0.5, 0.6) is 0 Å². The Bertz CT molecular complexity index is 1010. The van der Waals surface area contributed by atoms with E-state index in [1.54, 1.807) is 13.8 Å². The topological polar surface area (TPSA) is 163 Å². The first-order chi connectivity index (χ1) is 15.9. The second-order valence-electron chi connectivity index (χ2n) is 10.6. The lowest BCUT2D eigenvalue weighted by Crippen LogP contribution is -2.79. The third kappa shape index (κ3) is 2.45. The Morgan fingerprint density at radius 3 is 2.44 bits per heavy atom. The van der Waals surface area contributed by atoms with E-state index in [1.165, 1.54) is 0 Å². The van der Waals surface area contributed by atoms with Gasteiger partial charge in [0.25, 0.3) is 0 Å². The van der Waals surface area contributed by atoms with Crippen molar-refractivity contribution in [2.75, 3.05) is 13.7 Å².